The molecule has 0 aliphatic carbocycles. The molecule has 0 aromatic carbocycles. The largest absolute Gasteiger partial charge is 1.00 e. The Labute approximate surface area is 178 Å². The van der Waals surface area contributed by atoms with Crippen LogP contribution in [-0.2, 0) is 19.8 Å². The number of aliphatic hydroxyl groups is 5. The molecule has 0 heterocycles. The maximum Gasteiger partial charge on any atom is 1.00 e. The predicted molar refractivity (Wildman–Crippen MR) is 67.2 cm³/mol. The van der Waals surface area contributed by atoms with Crippen molar-refractivity contribution < 1.29 is 118 Å². The molecule has 0 aliphatic rings. The van der Waals surface area contributed by atoms with Gasteiger partial charge in [0.2, 0.25) is 0 Å². The fourth-order valence-corrected chi connectivity index (χ4v) is 0.618. The van der Waals surface area contributed by atoms with Gasteiger partial charge in [0.25, 0.3) is 0 Å². The summed E-state index contributed by atoms with van der Waals surface area (Å²) in [5, 5.41) is 43.5. The summed E-state index contributed by atoms with van der Waals surface area (Å²) in [6.07, 6.45) is -6.84. The summed E-state index contributed by atoms with van der Waals surface area (Å²) in [5.41, 5.74) is 0. The van der Waals surface area contributed by atoms with Crippen LogP contribution in [0.2, 0.25) is 0 Å². The quantitative estimate of drug-likeness (QED) is 0.0844. The van der Waals surface area contributed by atoms with Crippen LogP contribution in [0.25, 0.3) is 0 Å². The first-order chi connectivity index (χ1) is 9.54. The second-order valence-electron chi connectivity index (χ2n) is 3.27. The van der Waals surface area contributed by atoms with Gasteiger partial charge in [0.1, 0.15) is 24.4 Å². The van der Waals surface area contributed by atoms with Gasteiger partial charge in [-0.25, -0.2) is 0 Å². The average molecular weight is 431 g/mol. The van der Waals surface area contributed by atoms with Crippen LogP contribution < -0.4 is 67.3 Å². The Bertz CT molecular complexity index is 424. The van der Waals surface area contributed by atoms with Crippen molar-refractivity contribution in [3.05, 3.63) is 0 Å². The van der Waals surface area contributed by atoms with Gasteiger partial charge in [0.15, 0.2) is 6.29 Å². The molecule has 0 aromatic rings. The topological polar surface area (TPSA) is 313 Å². The van der Waals surface area contributed by atoms with Crippen LogP contribution in [0, 0.1) is 0 Å². The Morgan fingerprint density at radius 1 is 1.04 bits per heavy atom. The Morgan fingerprint density at radius 2 is 1.29 bits per heavy atom. The molecule has 0 aromatic heterocycles. The standard InChI is InChI=1S/C6H12O6.K.H3N.H3O4P.H2O4S/c7-1-3(9)5(11)6(12)4(10)2-8;;;2*1-5(2,3)4/h1,3-6,8-12H,2H2;;1H3;(H3,1,2,3,4);(H2,1,2,3,4)/q;+1;;;/p-1/t3-,4+,5+,6+;;;;/m0..../s1. The predicted octanol–water partition coefficient (Wildman–Crippen LogP) is -8.84. The fraction of sp³-hybridized carbons (Fsp3) is 0.833. The van der Waals surface area contributed by atoms with E-state index in [4.69, 9.17) is 62.3 Å². The molecule has 0 aliphatic heterocycles. The van der Waals surface area contributed by atoms with Crippen molar-refractivity contribution in [1.29, 1.82) is 0 Å². The summed E-state index contributed by atoms with van der Waals surface area (Å²) < 4.78 is 40.2. The minimum absolute atomic E-state index is 0. The molecule has 15 nitrogen and oxygen atoms in total. The summed E-state index contributed by atoms with van der Waals surface area (Å²) in [6, 6.07) is 0. The first kappa shape index (κ1) is 36.0. The first-order valence-electron chi connectivity index (χ1n) is 4.77. The molecular weight excluding hydrogens is 412 g/mol. The summed E-state index contributed by atoms with van der Waals surface area (Å²) in [6.45, 7) is -0.760. The van der Waals surface area contributed by atoms with Crippen molar-refractivity contribution in [1.82, 2.24) is 6.15 Å². The van der Waals surface area contributed by atoms with E-state index < -0.39 is 49.2 Å². The van der Waals surface area contributed by atoms with E-state index in [2.05, 4.69) is 0 Å². The van der Waals surface area contributed by atoms with Gasteiger partial charge in [-0.1, -0.05) is 0 Å². The van der Waals surface area contributed by atoms with E-state index in [0.29, 0.717) is 0 Å². The van der Waals surface area contributed by atoms with Gasteiger partial charge in [0, 0.05) is 0 Å². The van der Waals surface area contributed by atoms with Crippen LogP contribution in [0.3, 0.4) is 0 Å². The van der Waals surface area contributed by atoms with Gasteiger partial charge in [0.05, 0.1) is 14.4 Å². The molecule has 0 amide bonds. The van der Waals surface area contributed by atoms with Crippen molar-refractivity contribution in [2.75, 3.05) is 6.61 Å². The van der Waals surface area contributed by atoms with Gasteiger partial charge in [-0.05, 0) is 0 Å². The van der Waals surface area contributed by atoms with Crippen molar-refractivity contribution in [2.45, 2.75) is 24.4 Å². The maximum absolute atomic E-state index is 9.90. The van der Waals surface area contributed by atoms with Crippen molar-refractivity contribution in [3.8, 4) is 0 Å². The molecule has 0 fully saturated rings. The Hall–Kier alpha value is 1.05. The number of phosphoric acid groups is 1. The van der Waals surface area contributed by atoms with Gasteiger partial charge >= 0.3 is 61.8 Å². The van der Waals surface area contributed by atoms with E-state index in [1.165, 1.54) is 0 Å². The number of carbonyl (C=O) groups excluding carboxylic acids is 1. The second-order valence-corrected chi connectivity index (χ2v) is 5.11. The second kappa shape index (κ2) is 17.5. The van der Waals surface area contributed by atoms with Crippen molar-refractivity contribution >= 4 is 24.5 Å². The van der Waals surface area contributed by atoms with E-state index >= 15 is 0 Å². The Balaban J connectivity index is -0.0000000847. The van der Waals surface area contributed by atoms with E-state index in [-0.39, 0.29) is 63.8 Å². The zero-order valence-corrected chi connectivity index (χ0v) is 17.3. The van der Waals surface area contributed by atoms with E-state index in [0.717, 1.165) is 0 Å². The van der Waals surface area contributed by atoms with Crippen molar-refractivity contribution in [3.63, 3.8) is 0 Å². The summed E-state index contributed by atoms with van der Waals surface area (Å²) >= 11 is 0. The third-order valence-electron chi connectivity index (χ3n) is 1.42. The number of hydrogen-bond donors (Lipinski definition) is 9. The fourth-order valence-electron chi connectivity index (χ4n) is 0.618. The number of hydrogen-bond acceptors (Lipinski definition) is 11. The molecule has 0 unspecified atom stereocenters. The molecular formula is C6H19KNO14PS. The molecule has 0 radical (unpaired) electrons. The Morgan fingerprint density at radius 3 is 1.46 bits per heavy atom. The molecule has 0 saturated carbocycles. The molecule has 0 rings (SSSR count). The summed E-state index contributed by atoms with van der Waals surface area (Å²) in [5.74, 6) is 0. The average Bonchev–Trinajstić information content (AvgIpc) is 2.30. The van der Waals surface area contributed by atoms with E-state index in [1.807, 2.05) is 0 Å². The summed E-state index contributed by atoms with van der Waals surface area (Å²) in [4.78, 5) is 34.2. The van der Waals surface area contributed by atoms with Crippen LogP contribution in [0.15, 0.2) is 0 Å². The van der Waals surface area contributed by atoms with Gasteiger partial charge in [-0.3, -0.25) is 9.11 Å². The number of aliphatic hydroxyl groups excluding tert-OH is 5. The zero-order chi connectivity index (χ0) is 18.7. The zero-order valence-electron chi connectivity index (χ0n) is 12.5. The van der Waals surface area contributed by atoms with Crippen LogP contribution >= 0.6 is 7.82 Å². The van der Waals surface area contributed by atoms with Gasteiger partial charge in [-0.2, -0.15) is 8.42 Å². The van der Waals surface area contributed by atoms with Gasteiger partial charge < -0.3 is 55.7 Å². The molecule has 24 heavy (non-hydrogen) atoms. The third kappa shape index (κ3) is 38.5. The molecule has 0 saturated heterocycles. The monoisotopic (exact) mass is 431 g/mol. The number of rotatable bonds is 5. The smallest absolute Gasteiger partial charge is 0.790 e. The number of carbonyl (C=O) groups is 1. The Kier molecular flexibility index (Phi) is 26.2. The molecule has 4 atom stereocenters. The van der Waals surface area contributed by atoms with Crippen molar-refractivity contribution in [2.24, 2.45) is 0 Å². The van der Waals surface area contributed by atoms with Crippen LogP contribution in [0.5, 0.6) is 0 Å². The SMILES string of the molecule is O=C[C@H](O)[C@@H](O)[C@H](O)[C@H](O)CO.O=P([O-])([O-])O.O=S(=O)(O)O.[K+].[NH4+]. The normalized spacial score (nSPS) is 15.4. The van der Waals surface area contributed by atoms with Gasteiger partial charge in [-0.15, -0.1) is 0 Å². The molecule has 144 valence electrons. The summed E-state index contributed by atoms with van der Waals surface area (Å²) in [7, 11) is -9.81. The minimum atomic E-state index is -5.14. The van der Waals surface area contributed by atoms with Crippen LogP contribution in [-0.4, -0.2) is 85.3 Å². The van der Waals surface area contributed by atoms with Crippen LogP contribution in [0.4, 0.5) is 0 Å². The third-order valence-corrected chi connectivity index (χ3v) is 1.42. The molecule has 12 N–H and O–H groups in total. The molecule has 18 heteroatoms. The molecule has 0 bridgehead atoms. The number of aldehydes is 1. The van der Waals surface area contributed by atoms with E-state index in [1.54, 1.807) is 0 Å². The van der Waals surface area contributed by atoms with Crippen LogP contribution in [0.1, 0.15) is 0 Å². The first-order valence-corrected chi connectivity index (χ1v) is 7.66. The van der Waals surface area contributed by atoms with E-state index in [9.17, 15) is 4.79 Å². The maximum atomic E-state index is 9.90. The number of quaternary nitrogens is 1. The molecule has 0 spiro atoms. The minimum Gasteiger partial charge on any atom is -0.790 e.